The second-order valence-electron chi connectivity index (χ2n) is 4.43. The van der Waals surface area contributed by atoms with Gasteiger partial charge in [0.1, 0.15) is 5.52 Å². The molecule has 0 amide bonds. The summed E-state index contributed by atoms with van der Waals surface area (Å²) in [6.07, 6.45) is 1.57. The molecule has 0 saturated carbocycles. The van der Waals surface area contributed by atoms with E-state index in [0.717, 1.165) is 24.2 Å². The number of fused-ring (bicyclic) bond motifs is 1. The van der Waals surface area contributed by atoms with Crippen molar-refractivity contribution in [1.82, 2.24) is 4.98 Å². The predicted molar refractivity (Wildman–Crippen MR) is 68.6 cm³/mol. The molecule has 18 heavy (non-hydrogen) atoms. The molecule has 0 unspecified atom stereocenters. The number of hydrogen-bond acceptors (Lipinski definition) is 5. The molecule has 1 fully saturated rings. The quantitative estimate of drug-likeness (QED) is 0.635. The normalized spacial score (nSPS) is 15.7. The van der Waals surface area contributed by atoms with Crippen molar-refractivity contribution in [2.45, 2.75) is 6.04 Å². The number of benzene rings is 1. The summed E-state index contributed by atoms with van der Waals surface area (Å²) in [7, 11) is 0. The number of hydrogen-bond donors (Lipinski definition) is 1. The molecule has 0 bridgehead atoms. The highest BCUT2D eigenvalue weighted by atomic mass is 16.6. The highest BCUT2D eigenvalue weighted by Gasteiger charge is 2.26. The van der Waals surface area contributed by atoms with Crippen LogP contribution in [0.2, 0.25) is 0 Å². The Labute approximate surface area is 103 Å². The Morgan fingerprint density at radius 3 is 2.83 bits per heavy atom. The van der Waals surface area contributed by atoms with Crippen LogP contribution in [0.15, 0.2) is 30.5 Å². The van der Waals surface area contributed by atoms with Crippen LogP contribution in [-0.2, 0) is 0 Å². The summed E-state index contributed by atoms with van der Waals surface area (Å²) >= 11 is 0. The second kappa shape index (κ2) is 3.92. The number of anilines is 1. The third-order valence-electron chi connectivity index (χ3n) is 3.17. The number of nitro benzene ring substituents is 1. The fourth-order valence-corrected chi connectivity index (χ4v) is 2.28. The van der Waals surface area contributed by atoms with Crippen molar-refractivity contribution in [3.8, 4) is 0 Å². The van der Waals surface area contributed by atoms with Crippen LogP contribution < -0.4 is 10.6 Å². The van der Waals surface area contributed by atoms with Crippen LogP contribution in [0.1, 0.15) is 0 Å². The first-order valence-electron chi connectivity index (χ1n) is 5.69. The van der Waals surface area contributed by atoms with Crippen molar-refractivity contribution in [2.24, 2.45) is 5.73 Å². The summed E-state index contributed by atoms with van der Waals surface area (Å²) in [5.41, 5.74) is 7.20. The molecule has 2 N–H and O–H groups in total. The van der Waals surface area contributed by atoms with Gasteiger partial charge in [0.05, 0.1) is 4.92 Å². The Morgan fingerprint density at radius 1 is 1.39 bits per heavy atom. The molecule has 92 valence electrons. The summed E-state index contributed by atoms with van der Waals surface area (Å²) in [5, 5.41) is 11.8. The highest BCUT2D eigenvalue weighted by Crippen LogP contribution is 2.33. The summed E-state index contributed by atoms with van der Waals surface area (Å²) in [5.74, 6) is 0. The van der Waals surface area contributed by atoms with Crippen molar-refractivity contribution >= 4 is 22.3 Å². The van der Waals surface area contributed by atoms with E-state index in [1.54, 1.807) is 18.3 Å². The summed E-state index contributed by atoms with van der Waals surface area (Å²) in [4.78, 5) is 16.8. The molecule has 1 aliphatic rings. The van der Waals surface area contributed by atoms with E-state index in [1.807, 2.05) is 6.07 Å². The molecule has 6 nitrogen and oxygen atoms in total. The van der Waals surface area contributed by atoms with E-state index < -0.39 is 4.92 Å². The first-order valence-corrected chi connectivity index (χ1v) is 5.69. The fraction of sp³-hybridized carbons (Fsp3) is 0.250. The molecule has 0 radical (unpaired) electrons. The van der Waals surface area contributed by atoms with Gasteiger partial charge < -0.3 is 10.6 Å². The Morgan fingerprint density at radius 2 is 2.17 bits per heavy atom. The maximum Gasteiger partial charge on any atom is 0.295 e. The zero-order valence-corrected chi connectivity index (χ0v) is 9.61. The van der Waals surface area contributed by atoms with Gasteiger partial charge in [-0.05, 0) is 18.2 Å². The van der Waals surface area contributed by atoms with E-state index in [9.17, 15) is 10.1 Å². The maximum absolute atomic E-state index is 11.0. The average molecular weight is 244 g/mol. The third-order valence-corrected chi connectivity index (χ3v) is 3.17. The lowest BCUT2D eigenvalue weighted by Gasteiger charge is -2.39. The molecular weight excluding hydrogens is 232 g/mol. The van der Waals surface area contributed by atoms with Gasteiger partial charge >= 0.3 is 0 Å². The second-order valence-corrected chi connectivity index (χ2v) is 4.43. The minimum absolute atomic E-state index is 0.0409. The zero-order chi connectivity index (χ0) is 12.7. The smallest absolute Gasteiger partial charge is 0.295 e. The lowest BCUT2D eigenvalue weighted by Crippen LogP contribution is -2.55. The zero-order valence-electron chi connectivity index (χ0n) is 9.61. The topological polar surface area (TPSA) is 85.3 Å². The lowest BCUT2D eigenvalue weighted by molar-refractivity contribution is -0.383. The largest absolute Gasteiger partial charge is 0.368 e. The molecule has 1 aliphatic heterocycles. The van der Waals surface area contributed by atoms with E-state index in [2.05, 4.69) is 9.88 Å². The number of nitrogens with zero attached hydrogens (tertiary/aromatic N) is 3. The monoisotopic (exact) mass is 244 g/mol. The first kappa shape index (κ1) is 10.9. The van der Waals surface area contributed by atoms with Gasteiger partial charge in [-0.2, -0.15) is 0 Å². The van der Waals surface area contributed by atoms with Crippen molar-refractivity contribution in [1.29, 1.82) is 0 Å². The highest BCUT2D eigenvalue weighted by molar-refractivity contribution is 5.97. The minimum atomic E-state index is -0.402. The van der Waals surface area contributed by atoms with Crippen LogP contribution in [-0.4, -0.2) is 29.0 Å². The van der Waals surface area contributed by atoms with Gasteiger partial charge in [0.25, 0.3) is 5.69 Å². The molecule has 3 rings (SSSR count). The Balaban J connectivity index is 2.17. The van der Waals surface area contributed by atoms with Gasteiger partial charge in [0.15, 0.2) is 0 Å². The molecule has 0 spiro atoms. The van der Waals surface area contributed by atoms with Crippen LogP contribution >= 0.6 is 0 Å². The van der Waals surface area contributed by atoms with Gasteiger partial charge in [-0.1, -0.05) is 0 Å². The predicted octanol–water partition coefficient (Wildman–Crippen LogP) is 1.29. The van der Waals surface area contributed by atoms with Crippen LogP contribution in [0.25, 0.3) is 10.9 Å². The molecule has 0 atom stereocenters. The van der Waals surface area contributed by atoms with Crippen LogP contribution in [0.3, 0.4) is 0 Å². The molecular formula is C12H12N4O2. The van der Waals surface area contributed by atoms with Gasteiger partial charge in [-0.25, -0.2) is 4.98 Å². The molecule has 1 saturated heterocycles. The van der Waals surface area contributed by atoms with Gasteiger partial charge in [0.2, 0.25) is 0 Å². The summed E-state index contributed by atoms with van der Waals surface area (Å²) in [6, 6.07) is 7.11. The van der Waals surface area contributed by atoms with E-state index in [1.165, 1.54) is 6.07 Å². The Bertz CT molecular complexity index is 623. The minimum Gasteiger partial charge on any atom is -0.368 e. The Hall–Kier alpha value is -2.21. The van der Waals surface area contributed by atoms with Crippen molar-refractivity contribution < 1.29 is 4.92 Å². The SMILES string of the molecule is NC1CN(c2ccc([N+](=O)[O-])c3ncccc23)C1. The number of aromatic nitrogens is 1. The molecule has 1 aromatic heterocycles. The van der Waals surface area contributed by atoms with Crippen molar-refractivity contribution in [2.75, 3.05) is 18.0 Å². The number of rotatable bonds is 2. The molecule has 6 heteroatoms. The van der Waals surface area contributed by atoms with E-state index in [-0.39, 0.29) is 11.7 Å². The molecule has 1 aromatic carbocycles. The van der Waals surface area contributed by atoms with Crippen molar-refractivity contribution in [3.63, 3.8) is 0 Å². The van der Waals surface area contributed by atoms with E-state index in [4.69, 9.17) is 5.73 Å². The number of non-ortho nitro benzene ring substituents is 1. The summed E-state index contributed by atoms with van der Waals surface area (Å²) < 4.78 is 0. The Kier molecular flexibility index (Phi) is 2.38. The van der Waals surface area contributed by atoms with Crippen LogP contribution in [0, 0.1) is 10.1 Å². The van der Waals surface area contributed by atoms with Crippen LogP contribution in [0.5, 0.6) is 0 Å². The summed E-state index contributed by atoms with van der Waals surface area (Å²) in [6.45, 7) is 1.56. The van der Waals surface area contributed by atoms with Crippen molar-refractivity contribution in [3.05, 3.63) is 40.6 Å². The number of pyridine rings is 1. The van der Waals surface area contributed by atoms with E-state index >= 15 is 0 Å². The standard InChI is InChI=1S/C12H12N4O2/c13-8-6-15(7-8)10-3-4-11(16(17)18)12-9(10)2-1-5-14-12/h1-5,8H,6-7,13H2. The van der Waals surface area contributed by atoms with E-state index in [0.29, 0.717) is 5.52 Å². The average Bonchev–Trinajstić information content (AvgIpc) is 2.33. The molecule has 2 heterocycles. The van der Waals surface area contributed by atoms with Gasteiger partial charge in [-0.15, -0.1) is 0 Å². The van der Waals surface area contributed by atoms with Gasteiger partial charge in [0, 0.05) is 42.5 Å². The maximum atomic E-state index is 11.0. The first-order chi connectivity index (χ1) is 8.66. The molecule has 2 aromatic rings. The lowest BCUT2D eigenvalue weighted by atomic mass is 10.1. The van der Waals surface area contributed by atoms with Gasteiger partial charge in [-0.3, -0.25) is 10.1 Å². The van der Waals surface area contributed by atoms with Crippen LogP contribution in [0.4, 0.5) is 11.4 Å². The fourth-order valence-electron chi connectivity index (χ4n) is 2.28. The number of nitro groups is 1. The number of nitrogens with two attached hydrogens (primary N) is 1. The molecule has 0 aliphatic carbocycles. The third kappa shape index (κ3) is 1.58.